The maximum absolute atomic E-state index is 12.5. The Morgan fingerprint density at radius 1 is 1.08 bits per heavy atom. The molecule has 1 saturated heterocycles. The highest BCUT2D eigenvalue weighted by atomic mass is 32.2. The Labute approximate surface area is 153 Å². The van der Waals surface area contributed by atoms with Crippen LogP contribution in [0.25, 0.3) is 10.8 Å². The maximum atomic E-state index is 12.5. The fraction of sp³-hybridized carbons (Fsp3) is 0.389. The first kappa shape index (κ1) is 18.6. The van der Waals surface area contributed by atoms with E-state index in [1.165, 1.54) is 7.11 Å². The predicted molar refractivity (Wildman–Crippen MR) is 99.6 cm³/mol. The van der Waals surface area contributed by atoms with Crippen molar-refractivity contribution in [2.45, 2.75) is 4.90 Å². The van der Waals surface area contributed by atoms with Crippen LogP contribution < -0.4 is 4.72 Å². The van der Waals surface area contributed by atoms with Crippen LogP contribution in [0.2, 0.25) is 0 Å². The third kappa shape index (κ3) is 4.32. The molecule has 1 N–H and O–H groups in total. The fourth-order valence-corrected chi connectivity index (χ4v) is 4.10. The molecule has 0 radical (unpaired) electrons. The number of hydrogen-bond acceptors (Lipinski definition) is 5. The van der Waals surface area contributed by atoms with Gasteiger partial charge >= 0.3 is 6.09 Å². The van der Waals surface area contributed by atoms with Crippen molar-refractivity contribution in [1.82, 2.24) is 14.5 Å². The van der Waals surface area contributed by atoms with Gasteiger partial charge in [0.05, 0.1) is 12.0 Å². The normalized spacial score (nSPS) is 16.0. The van der Waals surface area contributed by atoms with E-state index >= 15 is 0 Å². The van der Waals surface area contributed by atoms with E-state index in [1.807, 2.05) is 30.3 Å². The summed E-state index contributed by atoms with van der Waals surface area (Å²) in [6.45, 7) is 3.50. The lowest BCUT2D eigenvalue weighted by Gasteiger charge is -2.33. The molecular weight excluding hydrogens is 354 g/mol. The summed E-state index contributed by atoms with van der Waals surface area (Å²) in [5.41, 5.74) is 0. The summed E-state index contributed by atoms with van der Waals surface area (Å²) in [7, 11) is -2.17. The smallest absolute Gasteiger partial charge is 0.409 e. The molecule has 1 amide bonds. The summed E-state index contributed by atoms with van der Waals surface area (Å²) in [5.74, 6) is 0. The number of amides is 1. The second-order valence-corrected chi connectivity index (χ2v) is 7.97. The average Bonchev–Trinajstić information content (AvgIpc) is 2.67. The number of carbonyl (C=O) groups excluding carboxylic acids is 1. The van der Waals surface area contributed by atoms with Gasteiger partial charge in [0.15, 0.2) is 0 Å². The highest BCUT2D eigenvalue weighted by Crippen LogP contribution is 2.18. The van der Waals surface area contributed by atoms with Gasteiger partial charge in [-0.2, -0.15) is 0 Å². The lowest BCUT2D eigenvalue weighted by Crippen LogP contribution is -2.50. The van der Waals surface area contributed by atoms with Gasteiger partial charge in [-0.05, 0) is 22.9 Å². The molecule has 8 heteroatoms. The first-order valence-electron chi connectivity index (χ1n) is 8.53. The quantitative estimate of drug-likeness (QED) is 0.854. The molecule has 0 atom stereocenters. The van der Waals surface area contributed by atoms with Crippen molar-refractivity contribution in [3.05, 3.63) is 42.5 Å². The molecule has 26 heavy (non-hydrogen) atoms. The molecule has 2 aromatic rings. The predicted octanol–water partition coefficient (Wildman–Crippen LogP) is 1.50. The molecule has 0 saturated carbocycles. The van der Waals surface area contributed by atoms with Gasteiger partial charge in [-0.25, -0.2) is 17.9 Å². The van der Waals surface area contributed by atoms with Crippen LogP contribution in [-0.4, -0.2) is 70.7 Å². The van der Waals surface area contributed by atoms with E-state index in [0.29, 0.717) is 39.3 Å². The largest absolute Gasteiger partial charge is 0.453 e. The number of rotatable bonds is 5. The molecule has 7 nitrogen and oxygen atoms in total. The van der Waals surface area contributed by atoms with E-state index in [2.05, 4.69) is 9.62 Å². The van der Waals surface area contributed by atoms with E-state index in [4.69, 9.17) is 4.74 Å². The standard InChI is InChI=1S/C18H23N3O4S/c1-25-18(22)21-12-10-20(11-13-21)9-8-19-26(23,24)17-7-6-15-4-2-3-5-16(15)14-17/h2-7,14,19H,8-13H2,1H3. The van der Waals surface area contributed by atoms with Crippen LogP contribution >= 0.6 is 0 Å². The van der Waals surface area contributed by atoms with Crippen molar-refractivity contribution in [2.75, 3.05) is 46.4 Å². The number of hydrogen-bond donors (Lipinski definition) is 1. The minimum Gasteiger partial charge on any atom is -0.453 e. The average molecular weight is 377 g/mol. The lowest BCUT2D eigenvalue weighted by molar-refractivity contribution is 0.0918. The summed E-state index contributed by atoms with van der Waals surface area (Å²) in [6.07, 6.45) is -0.318. The Hall–Kier alpha value is -2.16. The van der Waals surface area contributed by atoms with E-state index in [9.17, 15) is 13.2 Å². The fourth-order valence-electron chi connectivity index (χ4n) is 3.04. The van der Waals surface area contributed by atoms with Gasteiger partial charge in [-0.15, -0.1) is 0 Å². The molecule has 0 unspecified atom stereocenters. The van der Waals surface area contributed by atoms with E-state index in [1.54, 1.807) is 17.0 Å². The minimum absolute atomic E-state index is 0.270. The number of sulfonamides is 1. The number of ether oxygens (including phenoxy) is 1. The van der Waals surface area contributed by atoms with Gasteiger partial charge in [-0.1, -0.05) is 30.3 Å². The van der Waals surface area contributed by atoms with Gasteiger partial charge in [0.25, 0.3) is 0 Å². The van der Waals surface area contributed by atoms with Crippen LogP contribution in [0.3, 0.4) is 0 Å². The molecule has 0 spiro atoms. The summed E-state index contributed by atoms with van der Waals surface area (Å²) < 4.78 is 32.4. The van der Waals surface area contributed by atoms with Crippen LogP contribution in [0.4, 0.5) is 4.79 Å². The molecule has 3 rings (SSSR count). The summed E-state index contributed by atoms with van der Waals surface area (Å²) in [4.78, 5) is 15.5. The molecular formula is C18H23N3O4S. The number of piperazine rings is 1. The van der Waals surface area contributed by atoms with Crippen molar-refractivity contribution in [3.63, 3.8) is 0 Å². The molecule has 1 aliphatic rings. The monoisotopic (exact) mass is 377 g/mol. The van der Waals surface area contributed by atoms with E-state index < -0.39 is 10.0 Å². The number of carbonyl (C=O) groups is 1. The molecule has 1 aliphatic heterocycles. The molecule has 140 valence electrons. The molecule has 1 heterocycles. The van der Waals surface area contributed by atoms with Gasteiger partial charge in [0, 0.05) is 39.3 Å². The van der Waals surface area contributed by atoms with Crippen molar-refractivity contribution >= 4 is 26.9 Å². The summed E-state index contributed by atoms with van der Waals surface area (Å²) >= 11 is 0. The van der Waals surface area contributed by atoms with E-state index in [0.717, 1.165) is 10.8 Å². The number of methoxy groups -OCH3 is 1. The first-order valence-corrected chi connectivity index (χ1v) is 10.0. The Balaban J connectivity index is 1.53. The van der Waals surface area contributed by atoms with Crippen molar-refractivity contribution in [2.24, 2.45) is 0 Å². The van der Waals surface area contributed by atoms with Crippen molar-refractivity contribution < 1.29 is 17.9 Å². The van der Waals surface area contributed by atoms with Gasteiger partial charge < -0.3 is 9.64 Å². The Morgan fingerprint density at radius 3 is 2.46 bits per heavy atom. The molecule has 0 aromatic heterocycles. The lowest BCUT2D eigenvalue weighted by atomic mass is 10.1. The highest BCUT2D eigenvalue weighted by molar-refractivity contribution is 7.89. The zero-order valence-electron chi connectivity index (χ0n) is 14.7. The number of benzene rings is 2. The molecule has 2 aromatic carbocycles. The number of nitrogens with one attached hydrogen (secondary N) is 1. The Morgan fingerprint density at radius 2 is 1.77 bits per heavy atom. The third-order valence-electron chi connectivity index (χ3n) is 4.56. The zero-order chi connectivity index (χ0) is 18.6. The second kappa shape index (κ2) is 8.03. The number of nitrogens with zero attached hydrogens (tertiary/aromatic N) is 2. The van der Waals surface area contributed by atoms with Gasteiger partial charge in [0.1, 0.15) is 0 Å². The SMILES string of the molecule is COC(=O)N1CCN(CCNS(=O)(=O)c2ccc3ccccc3c2)CC1. The second-order valence-electron chi connectivity index (χ2n) is 6.21. The minimum atomic E-state index is -3.54. The maximum Gasteiger partial charge on any atom is 0.409 e. The molecule has 1 fully saturated rings. The van der Waals surface area contributed by atoms with Crippen molar-refractivity contribution in [3.8, 4) is 0 Å². The van der Waals surface area contributed by atoms with Crippen LogP contribution in [0.5, 0.6) is 0 Å². The zero-order valence-corrected chi connectivity index (χ0v) is 15.5. The highest BCUT2D eigenvalue weighted by Gasteiger charge is 2.21. The van der Waals surface area contributed by atoms with Crippen molar-refractivity contribution in [1.29, 1.82) is 0 Å². The van der Waals surface area contributed by atoms with E-state index in [-0.39, 0.29) is 11.0 Å². The molecule has 0 bridgehead atoms. The van der Waals surface area contributed by atoms with Gasteiger partial charge in [-0.3, -0.25) is 4.90 Å². The summed E-state index contributed by atoms with van der Waals surface area (Å²) in [5, 5.41) is 1.91. The summed E-state index contributed by atoms with van der Waals surface area (Å²) in [6, 6.07) is 12.8. The molecule has 0 aliphatic carbocycles. The van der Waals surface area contributed by atoms with Crippen LogP contribution in [0.15, 0.2) is 47.4 Å². The topological polar surface area (TPSA) is 79.0 Å². The Bertz CT molecular complexity index is 877. The third-order valence-corrected chi connectivity index (χ3v) is 6.02. The van der Waals surface area contributed by atoms with Crippen LogP contribution in [0.1, 0.15) is 0 Å². The number of fused-ring (bicyclic) bond motifs is 1. The Kier molecular flexibility index (Phi) is 5.75. The van der Waals surface area contributed by atoms with Crippen LogP contribution in [-0.2, 0) is 14.8 Å². The first-order chi connectivity index (χ1) is 12.5. The van der Waals surface area contributed by atoms with Crippen LogP contribution in [0, 0.1) is 0 Å². The van der Waals surface area contributed by atoms with Gasteiger partial charge in [0.2, 0.25) is 10.0 Å².